The summed E-state index contributed by atoms with van der Waals surface area (Å²) in [7, 11) is 0. The number of hydrogen-bond acceptors (Lipinski definition) is 3. The summed E-state index contributed by atoms with van der Waals surface area (Å²) in [6.45, 7) is 3.89. The Labute approximate surface area is 140 Å². The SMILES string of the molecule is Cc1cc(C)n(-c2ccc(C(=O)Nc3cccc(CO)c3)cc2)n1. The number of carbonyl (C=O) groups is 1. The Morgan fingerprint density at radius 1 is 1.12 bits per heavy atom. The third-order valence-corrected chi connectivity index (χ3v) is 3.75. The molecule has 2 N–H and O–H groups in total. The molecule has 0 unspecified atom stereocenters. The van der Waals surface area contributed by atoms with E-state index >= 15 is 0 Å². The lowest BCUT2D eigenvalue weighted by atomic mass is 10.1. The number of anilines is 1. The van der Waals surface area contributed by atoms with Gasteiger partial charge in [-0.3, -0.25) is 4.79 Å². The molecule has 3 rings (SSSR count). The van der Waals surface area contributed by atoms with Crippen LogP contribution in [0.3, 0.4) is 0 Å². The van der Waals surface area contributed by atoms with Crippen molar-refractivity contribution in [1.29, 1.82) is 0 Å². The molecular weight excluding hydrogens is 302 g/mol. The number of nitrogens with one attached hydrogen (secondary N) is 1. The third-order valence-electron chi connectivity index (χ3n) is 3.75. The van der Waals surface area contributed by atoms with Gasteiger partial charge in [0.25, 0.3) is 5.91 Å². The first kappa shape index (κ1) is 16.0. The van der Waals surface area contributed by atoms with Crippen LogP contribution >= 0.6 is 0 Å². The number of carbonyl (C=O) groups excluding carboxylic acids is 1. The number of rotatable bonds is 4. The number of aliphatic hydroxyl groups is 1. The van der Waals surface area contributed by atoms with Gasteiger partial charge in [-0.2, -0.15) is 5.10 Å². The second-order valence-electron chi connectivity index (χ2n) is 5.70. The van der Waals surface area contributed by atoms with Gasteiger partial charge < -0.3 is 10.4 Å². The fourth-order valence-corrected chi connectivity index (χ4v) is 2.59. The molecule has 0 radical (unpaired) electrons. The Bertz CT molecular complexity index is 867. The number of nitrogens with zero attached hydrogens (tertiary/aromatic N) is 2. The van der Waals surface area contributed by atoms with Crippen LogP contribution in [-0.2, 0) is 6.61 Å². The maximum absolute atomic E-state index is 12.3. The molecule has 0 fully saturated rings. The summed E-state index contributed by atoms with van der Waals surface area (Å²) in [5.41, 5.74) is 4.90. The zero-order valence-electron chi connectivity index (χ0n) is 13.7. The van der Waals surface area contributed by atoms with E-state index in [4.69, 9.17) is 5.11 Å². The maximum Gasteiger partial charge on any atom is 0.255 e. The molecule has 0 aliphatic carbocycles. The zero-order chi connectivity index (χ0) is 17.1. The number of aliphatic hydroxyl groups excluding tert-OH is 1. The van der Waals surface area contributed by atoms with E-state index in [1.54, 1.807) is 36.4 Å². The van der Waals surface area contributed by atoms with Crippen molar-refractivity contribution in [2.24, 2.45) is 0 Å². The van der Waals surface area contributed by atoms with Crippen LogP contribution < -0.4 is 5.32 Å². The second-order valence-corrected chi connectivity index (χ2v) is 5.70. The molecule has 5 nitrogen and oxygen atoms in total. The van der Waals surface area contributed by atoms with Crippen LogP contribution in [0.25, 0.3) is 5.69 Å². The van der Waals surface area contributed by atoms with Gasteiger partial charge in [-0.15, -0.1) is 0 Å². The lowest BCUT2D eigenvalue weighted by Gasteiger charge is -2.08. The minimum Gasteiger partial charge on any atom is -0.392 e. The zero-order valence-corrected chi connectivity index (χ0v) is 13.7. The monoisotopic (exact) mass is 321 g/mol. The summed E-state index contributed by atoms with van der Waals surface area (Å²) in [6.07, 6.45) is 0. The highest BCUT2D eigenvalue weighted by atomic mass is 16.3. The summed E-state index contributed by atoms with van der Waals surface area (Å²) < 4.78 is 1.85. The Kier molecular flexibility index (Phi) is 4.44. The van der Waals surface area contributed by atoms with E-state index in [-0.39, 0.29) is 12.5 Å². The molecule has 3 aromatic rings. The van der Waals surface area contributed by atoms with Crippen molar-refractivity contribution >= 4 is 11.6 Å². The summed E-state index contributed by atoms with van der Waals surface area (Å²) in [5.74, 6) is -0.190. The summed E-state index contributed by atoms with van der Waals surface area (Å²) in [5, 5.41) is 16.4. The molecule has 2 aromatic carbocycles. The third kappa shape index (κ3) is 3.36. The molecule has 0 bridgehead atoms. The van der Waals surface area contributed by atoms with Crippen molar-refractivity contribution < 1.29 is 9.90 Å². The molecule has 1 heterocycles. The van der Waals surface area contributed by atoms with Crippen molar-refractivity contribution in [2.45, 2.75) is 20.5 Å². The van der Waals surface area contributed by atoms with Crippen molar-refractivity contribution in [3.8, 4) is 5.69 Å². The number of hydrogen-bond donors (Lipinski definition) is 2. The Balaban J connectivity index is 1.77. The largest absolute Gasteiger partial charge is 0.392 e. The van der Waals surface area contributed by atoms with Crippen LogP contribution in [-0.4, -0.2) is 20.8 Å². The Morgan fingerprint density at radius 3 is 2.50 bits per heavy atom. The lowest BCUT2D eigenvalue weighted by molar-refractivity contribution is 0.102. The predicted octanol–water partition coefficient (Wildman–Crippen LogP) is 3.23. The van der Waals surface area contributed by atoms with Gasteiger partial charge in [0, 0.05) is 16.9 Å². The molecule has 0 atom stereocenters. The van der Waals surface area contributed by atoms with Crippen molar-refractivity contribution in [3.63, 3.8) is 0 Å². The smallest absolute Gasteiger partial charge is 0.255 e. The molecule has 24 heavy (non-hydrogen) atoms. The minimum atomic E-state index is -0.190. The predicted molar refractivity (Wildman–Crippen MR) is 93.4 cm³/mol. The number of benzene rings is 2. The van der Waals surface area contributed by atoms with Gasteiger partial charge in [-0.1, -0.05) is 12.1 Å². The highest BCUT2D eigenvalue weighted by Crippen LogP contribution is 2.15. The lowest BCUT2D eigenvalue weighted by Crippen LogP contribution is -2.12. The maximum atomic E-state index is 12.3. The van der Waals surface area contributed by atoms with Crippen molar-refractivity contribution in [1.82, 2.24) is 9.78 Å². The van der Waals surface area contributed by atoms with E-state index < -0.39 is 0 Å². The highest BCUT2D eigenvalue weighted by Gasteiger charge is 2.08. The van der Waals surface area contributed by atoms with E-state index in [0.717, 1.165) is 22.6 Å². The molecule has 0 spiro atoms. The minimum absolute atomic E-state index is 0.0545. The van der Waals surface area contributed by atoms with E-state index in [1.165, 1.54) is 0 Å². The first-order valence-electron chi connectivity index (χ1n) is 7.71. The van der Waals surface area contributed by atoms with Gasteiger partial charge in [-0.05, 0) is 61.9 Å². The van der Waals surface area contributed by atoms with Crippen LogP contribution in [0, 0.1) is 13.8 Å². The summed E-state index contributed by atoms with van der Waals surface area (Å²) in [6, 6.07) is 16.5. The Morgan fingerprint density at radius 2 is 1.88 bits per heavy atom. The second kappa shape index (κ2) is 6.68. The van der Waals surface area contributed by atoms with Crippen LogP contribution in [0.4, 0.5) is 5.69 Å². The fraction of sp³-hybridized carbons (Fsp3) is 0.158. The normalized spacial score (nSPS) is 10.6. The van der Waals surface area contributed by atoms with Gasteiger partial charge in [0.1, 0.15) is 0 Å². The van der Waals surface area contributed by atoms with E-state index in [0.29, 0.717) is 11.3 Å². The molecule has 1 amide bonds. The molecule has 0 aliphatic heterocycles. The molecule has 0 aliphatic rings. The molecule has 1 aromatic heterocycles. The quantitative estimate of drug-likeness (QED) is 0.775. The molecular formula is C19H19N3O2. The van der Waals surface area contributed by atoms with Gasteiger partial charge in [0.15, 0.2) is 0 Å². The summed E-state index contributed by atoms with van der Waals surface area (Å²) in [4.78, 5) is 12.3. The van der Waals surface area contributed by atoms with Crippen LogP contribution in [0.2, 0.25) is 0 Å². The number of amides is 1. The average Bonchev–Trinajstić information content (AvgIpc) is 2.93. The molecule has 5 heteroatoms. The van der Waals surface area contributed by atoms with Crippen LogP contribution in [0.1, 0.15) is 27.3 Å². The van der Waals surface area contributed by atoms with Gasteiger partial charge in [0.05, 0.1) is 18.0 Å². The molecule has 0 saturated carbocycles. The topological polar surface area (TPSA) is 67.2 Å². The Hall–Kier alpha value is -2.92. The average molecular weight is 321 g/mol. The van der Waals surface area contributed by atoms with E-state index in [9.17, 15) is 4.79 Å². The van der Waals surface area contributed by atoms with E-state index in [2.05, 4.69) is 10.4 Å². The standard InChI is InChI=1S/C19H19N3O2/c1-13-10-14(2)22(21-13)18-8-6-16(7-9-18)19(24)20-17-5-3-4-15(11-17)12-23/h3-11,23H,12H2,1-2H3,(H,20,24). The number of aromatic nitrogens is 2. The molecule has 122 valence electrons. The summed E-state index contributed by atoms with van der Waals surface area (Å²) >= 11 is 0. The van der Waals surface area contributed by atoms with Crippen LogP contribution in [0.15, 0.2) is 54.6 Å². The van der Waals surface area contributed by atoms with Crippen molar-refractivity contribution in [3.05, 3.63) is 77.1 Å². The van der Waals surface area contributed by atoms with E-state index in [1.807, 2.05) is 36.7 Å². The van der Waals surface area contributed by atoms with Crippen LogP contribution in [0.5, 0.6) is 0 Å². The van der Waals surface area contributed by atoms with Crippen molar-refractivity contribution in [2.75, 3.05) is 5.32 Å². The van der Waals surface area contributed by atoms with Gasteiger partial charge in [-0.25, -0.2) is 4.68 Å². The first-order chi connectivity index (χ1) is 11.6. The highest BCUT2D eigenvalue weighted by molar-refractivity contribution is 6.04. The number of aryl methyl sites for hydroxylation is 2. The molecule has 0 saturated heterocycles. The van der Waals surface area contributed by atoms with Gasteiger partial charge >= 0.3 is 0 Å². The van der Waals surface area contributed by atoms with Gasteiger partial charge in [0.2, 0.25) is 0 Å². The first-order valence-corrected chi connectivity index (χ1v) is 7.71. The fourth-order valence-electron chi connectivity index (χ4n) is 2.59.